The Labute approximate surface area is 606 Å². The first kappa shape index (κ1) is 78.8. The van der Waals surface area contributed by atoms with E-state index in [4.69, 9.17) is 9.84 Å². The summed E-state index contributed by atoms with van der Waals surface area (Å²) in [5.74, 6) is 0.531. The molecule has 11 nitrogen and oxygen atoms in total. The zero-order valence-electron chi connectivity index (χ0n) is 54.1. The number of hydrogen-bond acceptors (Lipinski definition) is 6. The van der Waals surface area contributed by atoms with Gasteiger partial charge in [-0.05, 0) is 146 Å². The predicted molar refractivity (Wildman–Crippen MR) is 345 cm³/mol. The van der Waals surface area contributed by atoms with Crippen LogP contribution in [0.1, 0.15) is 91.5 Å². The molecule has 0 spiro atoms. The molecule has 0 saturated heterocycles. The molecule has 486 valence electrons. The summed E-state index contributed by atoms with van der Waals surface area (Å²) in [6.45, 7) is 31.1. The average molecular weight is 2100 g/mol. The minimum atomic E-state index is -0.281. The molecule has 17 heteroatoms. The Bertz CT molecular complexity index is 4150. The Morgan fingerprint density at radius 3 is 1.25 bits per heavy atom. The molecule has 0 unspecified atom stereocenters. The molecule has 4 radical (unpaired) electrons. The van der Waals surface area contributed by atoms with Gasteiger partial charge in [-0.2, -0.15) is 109 Å². The van der Waals surface area contributed by atoms with Crippen LogP contribution in [0.3, 0.4) is 0 Å². The van der Waals surface area contributed by atoms with Gasteiger partial charge in [-0.1, -0.05) is 81.4 Å². The van der Waals surface area contributed by atoms with Crippen molar-refractivity contribution in [3.8, 4) is 56.6 Å². The first-order valence-corrected chi connectivity index (χ1v) is 28.8. The molecule has 12 rings (SSSR count). The summed E-state index contributed by atoms with van der Waals surface area (Å²) < 4.78 is 27.5. The smallest absolute Gasteiger partial charge is 0.0958 e. The van der Waals surface area contributed by atoms with Crippen LogP contribution in [-0.2, 0) is 108 Å². The fourth-order valence-electron chi connectivity index (χ4n) is 9.78. The number of benzene rings is 7. The molecule has 0 saturated carbocycles. The van der Waals surface area contributed by atoms with E-state index < -0.39 is 0 Å². The number of ether oxygens (including phenoxy) is 1. The molecule has 7 aromatic carbocycles. The van der Waals surface area contributed by atoms with Gasteiger partial charge in [0.25, 0.3) is 0 Å². The van der Waals surface area contributed by atoms with E-state index in [1.165, 1.54) is 62.5 Å². The Morgan fingerprint density at radius 1 is 0.396 bits per heavy atom. The van der Waals surface area contributed by atoms with Crippen LogP contribution in [-0.4, -0.2) is 56.0 Å². The fraction of sp³-hybridized carbons (Fsp3) is 0.230. The third-order valence-corrected chi connectivity index (χ3v) is 15.5. The van der Waals surface area contributed by atoms with Crippen molar-refractivity contribution in [1.82, 2.24) is 48.9 Å². The average Bonchev–Trinajstić information content (AvgIpc) is 2.01. The molecule has 0 bridgehead atoms. The summed E-state index contributed by atoms with van der Waals surface area (Å²) in [5, 5.41) is 22.9. The molecule has 12 aromatic rings. The third-order valence-electron chi connectivity index (χ3n) is 15.5. The second-order valence-electron chi connectivity index (χ2n) is 21.3. The number of rotatable bonds is 9. The Kier molecular flexibility index (Phi) is 31.8. The molecular formula is C74H76FIr4N10OPt-5. The Balaban J connectivity index is 0.000000295. The summed E-state index contributed by atoms with van der Waals surface area (Å²) in [4.78, 5) is 0. The molecule has 0 N–H and O–H groups in total. The van der Waals surface area contributed by atoms with Gasteiger partial charge in [0.2, 0.25) is 0 Å². The molecule has 0 aliphatic rings. The largest absolute Gasteiger partial charge is 0.554 e. The molecule has 0 fully saturated rings. The van der Waals surface area contributed by atoms with Crippen LogP contribution in [0.15, 0.2) is 158 Å². The minimum absolute atomic E-state index is 0. The number of hydrogen-bond donors (Lipinski definition) is 0. The zero-order valence-corrected chi connectivity index (χ0v) is 66.0. The molecule has 0 atom stereocenters. The van der Waals surface area contributed by atoms with E-state index >= 15 is 0 Å². The molecule has 5 heterocycles. The van der Waals surface area contributed by atoms with E-state index in [0.29, 0.717) is 0 Å². The zero-order chi connectivity index (χ0) is 61.8. The van der Waals surface area contributed by atoms with E-state index in [9.17, 15) is 4.39 Å². The van der Waals surface area contributed by atoms with Crippen molar-refractivity contribution >= 4 is 0 Å². The Morgan fingerprint density at radius 2 is 0.824 bits per heavy atom. The second-order valence-corrected chi connectivity index (χ2v) is 21.3. The topological polar surface area (TPSA) is 98.3 Å². The maximum atomic E-state index is 12.7. The monoisotopic (exact) mass is 2110 g/mol. The maximum absolute atomic E-state index is 12.7. The number of methoxy groups -OCH3 is 1. The van der Waals surface area contributed by atoms with Gasteiger partial charge in [0, 0.05) is 153 Å². The summed E-state index contributed by atoms with van der Waals surface area (Å²) in [7, 11) is 1.65. The summed E-state index contributed by atoms with van der Waals surface area (Å²) in [6, 6.07) is 66.7. The molecule has 5 aromatic heterocycles. The summed E-state index contributed by atoms with van der Waals surface area (Å²) in [6.07, 6.45) is 0.954. The van der Waals surface area contributed by atoms with E-state index in [-0.39, 0.29) is 107 Å². The van der Waals surface area contributed by atoms with Gasteiger partial charge in [-0.15, -0.1) is 54.6 Å². The van der Waals surface area contributed by atoms with Gasteiger partial charge in [-0.25, -0.2) is 0 Å². The van der Waals surface area contributed by atoms with Gasteiger partial charge >= 0.3 is 0 Å². The normalized spacial score (nSPS) is 10.1. The van der Waals surface area contributed by atoms with Crippen molar-refractivity contribution in [2.45, 2.75) is 110 Å². The molecule has 91 heavy (non-hydrogen) atoms. The predicted octanol–water partition coefficient (Wildman–Crippen LogP) is 16.7. The van der Waals surface area contributed by atoms with Gasteiger partial charge < -0.3 is 4.74 Å². The quantitative estimate of drug-likeness (QED) is 0.134. The van der Waals surface area contributed by atoms with Crippen molar-refractivity contribution in [3.63, 3.8) is 0 Å². The van der Waals surface area contributed by atoms with Crippen molar-refractivity contribution < 1.29 is 111 Å². The number of aromatic nitrogens is 10. The third kappa shape index (κ3) is 19.4. The van der Waals surface area contributed by atoms with E-state index in [1.807, 2.05) is 137 Å². The van der Waals surface area contributed by atoms with Crippen molar-refractivity contribution in [1.29, 1.82) is 0 Å². The van der Waals surface area contributed by atoms with Crippen molar-refractivity contribution in [2.24, 2.45) is 0 Å². The maximum Gasteiger partial charge on any atom is 0.0958 e. The Hall–Kier alpha value is -6.39. The second kappa shape index (κ2) is 36.7. The van der Waals surface area contributed by atoms with Crippen LogP contribution in [0.25, 0.3) is 50.8 Å². The van der Waals surface area contributed by atoms with Gasteiger partial charge in [0.15, 0.2) is 0 Å². The van der Waals surface area contributed by atoms with Crippen LogP contribution in [0, 0.1) is 133 Å². The van der Waals surface area contributed by atoms with Crippen LogP contribution < -0.4 is 4.74 Å². The van der Waals surface area contributed by atoms with Crippen LogP contribution in [0.5, 0.6) is 5.75 Å². The SMILES string of the molecule is CCc1nn(-c2[c-]cc(OC)cc2)c(C)c1C.Cc1cc[c-]c(-n2nc(-c3ccccc3)c(C)c2C)c1.Cc1cc[c-]c(-n2nc(C)c(-c3ccccc3)c2C)c1.Cc1nn(-c2[c-]cc(F)cc2)c(C)c1C.Cc1nn(-c2[c-]cccc2)c(C)c1C.[Ir].[Ir].[Ir].[Ir].[Pt]. The van der Waals surface area contributed by atoms with Crippen LogP contribution in [0.4, 0.5) is 4.39 Å². The molecule has 0 amide bonds. The van der Waals surface area contributed by atoms with Gasteiger partial charge in [0.1, 0.15) is 0 Å². The van der Waals surface area contributed by atoms with Gasteiger partial charge in [-0.3, -0.25) is 27.8 Å². The van der Waals surface area contributed by atoms with E-state index in [2.05, 4.69) is 175 Å². The van der Waals surface area contributed by atoms with Gasteiger partial charge in [0.05, 0.1) is 35.6 Å². The first-order chi connectivity index (χ1) is 41.3. The molecule has 0 aliphatic carbocycles. The molecule has 0 aliphatic heterocycles. The van der Waals surface area contributed by atoms with E-state index in [1.54, 1.807) is 17.9 Å². The number of nitrogens with zero attached hydrogens (tertiary/aromatic N) is 10. The minimum Gasteiger partial charge on any atom is -0.554 e. The standard InChI is InChI=1S/2C18H17N2.C14H17N2O.C12H12FN2.C12H13N2.4Ir.Pt/c1-13-8-7-11-17(12-13)20-15(3)18(14(2)19-20)16-9-5-4-6-10-16;1-13-8-7-11-17(12-13)20-15(3)14(2)18(19-20)16-9-5-4-6-10-16;1-5-14-10(2)11(3)16(15-14)12-6-8-13(17-4)9-7-12;1-8-9(2)14-15(10(8)3)12-6-4-11(13)5-7-12;1-9-10(2)13-14(11(9)3)12-7-5-4-6-8-12;;;;;/h2*4-10,12H,1-3H3;6,8-9H,5H2,1-4H3;4-6H,1-3H3;4-7H,1-3H3;;;;;/q5*-1;;;;;. The summed E-state index contributed by atoms with van der Waals surface area (Å²) in [5.41, 5.74) is 26.6. The first-order valence-electron chi connectivity index (χ1n) is 28.8. The summed E-state index contributed by atoms with van der Waals surface area (Å²) >= 11 is 0. The van der Waals surface area contributed by atoms with Crippen LogP contribution >= 0.6 is 0 Å². The number of halogens is 1. The van der Waals surface area contributed by atoms with Crippen LogP contribution in [0.2, 0.25) is 0 Å². The number of para-hydroxylation sites is 1. The molecular weight excluding hydrogens is 2030 g/mol. The van der Waals surface area contributed by atoms with E-state index in [0.717, 1.165) is 97.3 Å². The van der Waals surface area contributed by atoms with Crippen molar-refractivity contribution in [3.05, 3.63) is 279 Å². The fourth-order valence-corrected chi connectivity index (χ4v) is 9.78. The van der Waals surface area contributed by atoms with Crippen molar-refractivity contribution in [2.75, 3.05) is 7.11 Å². The number of aryl methyl sites for hydroxylation is 6.